The third-order valence-corrected chi connectivity index (χ3v) is 2.48. The number of hydrogen-bond acceptors (Lipinski definition) is 2. The highest BCUT2D eigenvalue weighted by Crippen LogP contribution is 2.13. The first-order chi connectivity index (χ1) is 7.65. The van der Waals surface area contributed by atoms with Gasteiger partial charge in [0, 0.05) is 16.9 Å². The summed E-state index contributed by atoms with van der Waals surface area (Å²) in [5.41, 5.74) is 2.20. The van der Waals surface area contributed by atoms with E-state index >= 15 is 0 Å². The standard InChI is InChI=1S/C11H10BrN3O/c1-7-2-9(6-13-4-7)15-11(16)10-3-8(12)5-14-10/h2-6,14H,1H3,(H,15,16). The van der Waals surface area contributed by atoms with Crippen molar-refractivity contribution in [1.29, 1.82) is 0 Å². The lowest BCUT2D eigenvalue weighted by atomic mass is 10.3. The van der Waals surface area contributed by atoms with Crippen molar-refractivity contribution < 1.29 is 4.79 Å². The highest BCUT2D eigenvalue weighted by molar-refractivity contribution is 9.10. The molecular formula is C11H10BrN3O. The van der Waals surface area contributed by atoms with Crippen LogP contribution < -0.4 is 5.32 Å². The van der Waals surface area contributed by atoms with Crippen LogP contribution in [0.4, 0.5) is 5.69 Å². The molecule has 2 heterocycles. The van der Waals surface area contributed by atoms with Gasteiger partial charge in [-0.05, 0) is 40.5 Å². The monoisotopic (exact) mass is 279 g/mol. The summed E-state index contributed by atoms with van der Waals surface area (Å²) in [5.74, 6) is -0.182. The Bertz CT molecular complexity index is 521. The number of carbonyl (C=O) groups excluding carboxylic acids is 1. The summed E-state index contributed by atoms with van der Waals surface area (Å²) in [6.07, 6.45) is 5.06. The first-order valence-corrected chi connectivity index (χ1v) is 5.51. The van der Waals surface area contributed by atoms with Gasteiger partial charge in [0.05, 0.1) is 11.9 Å². The Labute approximate surface area is 101 Å². The van der Waals surface area contributed by atoms with Gasteiger partial charge in [-0.3, -0.25) is 9.78 Å². The number of halogens is 1. The summed E-state index contributed by atoms with van der Waals surface area (Å²) < 4.78 is 0.847. The molecule has 0 aromatic carbocycles. The third kappa shape index (κ3) is 2.49. The highest BCUT2D eigenvalue weighted by atomic mass is 79.9. The van der Waals surface area contributed by atoms with E-state index in [-0.39, 0.29) is 5.91 Å². The maximum Gasteiger partial charge on any atom is 0.272 e. The van der Waals surface area contributed by atoms with Crippen molar-refractivity contribution in [3.05, 3.63) is 46.5 Å². The molecule has 2 aromatic rings. The molecule has 16 heavy (non-hydrogen) atoms. The lowest BCUT2D eigenvalue weighted by Gasteiger charge is -2.03. The van der Waals surface area contributed by atoms with Crippen molar-refractivity contribution in [1.82, 2.24) is 9.97 Å². The molecule has 0 fully saturated rings. The Morgan fingerprint density at radius 1 is 1.44 bits per heavy atom. The van der Waals surface area contributed by atoms with Crippen molar-refractivity contribution in [2.45, 2.75) is 6.92 Å². The van der Waals surface area contributed by atoms with Gasteiger partial charge in [0.15, 0.2) is 0 Å². The average molecular weight is 280 g/mol. The second-order valence-electron chi connectivity index (χ2n) is 3.44. The Balaban J connectivity index is 2.13. The fraction of sp³-hybridized carbons (Fsp3) is 0.0909. The molecule has 0 aliphatic carbocycles. The molecule has 4 nitrogen and oxygen atoms in total. The lowest BCUT2D eigenvalue weighted by Crippen LogP contribution is -2.12. The van der Waals surface area contributed by atoms with Crippen LogP contribution in [0.1, 0.15) is 16.1 Å². The molecule has 82 valence electrons. The molecule has 0 atom stereocenters. The minimum Gasteiger partial charge on any atom is -0.356 e. The molecule has 5 heteroatoms. The molecule has 1 amide bonds. The zero-order valence-electron chi connectivity index (χ0n) is 8.62. The number of anilines is 1. The maximum absolute atomic E-state index is 11.7. The van der Waals surface area contributed by atoms with Gasteiger partial charge >= 0.3 is 0 Å². The molecule has 2 N–H and O–H groups in total. The van der Waals surface area contributed by atoms with E-state index in [0.717, 1.165) is 10.0 Å². The van der Waals surface area contributed by atoms with Crippen LogP contribution in [0.2, 0.25) is 0 Å². The van der Waals surface area contributed by atoms with Crippen molar-refractivity contribution >= 4 is 27.5 Å². The van der Waals surface area contributed by atoms with Gasteiger partial charge in [-0.25, -0.2) is 0 Å². The van der Waals surface area contributed by atoms with Crippen LogP contribution in [0.25, 0.3) is 0 Å². The lowest BCUT2D eigenvalue weighted by molar-refractivity contribution is 0.102. The van der Waals surface area contributed by atoms with Gasteiger partial charge in [0.1, 0.15) is 5.69 Å². The topological polar surface area (TPSA) is 57.8 Å². The summed E-state index contributed by atoms with van der Waals surface area (Å²) in [7, 11) is 0. The predicted octanol–water partition coefficient (Wildman–Crippen LogP) is 2.73. The minimum absolute atomic E-state index is 0.182. The van der Waals surface area contributed by atoms with Crippen LogP contribution in [-0.2, 0) is 0 Å². The SMILES string of the molecule is Cc1cncc(NC(=O)c2cc(Br)c[nH]2)c1. The van der Waals surface area contributed by atoms with Crippen LogP contribution in [0, 0.1) is 6.92 Å². The number of nitrogens with zero attached hydrogens (tertiary/aromatic N) is 1. The Kier molecular flexibility index (Phi) is 3.05. The quantitative estimate of drug-likeness (QED) is 0.888. The fourth-order valence-electron chi connectivity index (χ4n) is 1.32. The number of amides is 1. The van der Waals surface area contributed by atoms with E-state index in [4.69, 9.17) is 0 Å². The summed E-state index contributed by atoms with van der Waals surface area (Å²) in [6, 6.07) is 3.58. The molecule has 0 saturated heterocycles. The molecule has 2 aromatic heterocycles. The van der Waals surface area contributed by atoms with Crippen LogP contribution >= 0.6 is 15.9 Å². The molecular weight excluding hydrogens is 270 g/mol. The number of rotatable bonds is 2. The van der Waals surface area contributed by atoms with Gasteiger partial charge < -0.3 is 10.3 Å². The molecule has 0 aliphatic rings. The number of carbonyl (C=O) groups is 1. The van der Waals surface area contributed by atoms with E-state index < -0.39 is 0 Å². The zero-order chi connectivity index (χ0) is 11.5. The van der Waals surface area contributed by atoms with E-state index in [0.29, 0.717) is 11.4 Å². The summed E-state index contributed by atoms with van der Waals surface area (Å²) >= 11 is 3.27. The number of aromatic amines is 1. The Morgan fingerprint density at radius 2 is 2.25 bits per heavy atom. The second kappa shape index (κ2) is 4.49. The summed E-state index contributed by atoms with van der Waals surface area (Å²) in [6.45, 7) is 1.92. The van der Waals surface area contributed by atoms with Gasteiger partial charge in [-0.1, -0.05) is 0 Å². The fourth-order valence-corrected chi connectivity index (χ4v) is 1.66. The number of pyridine rings is 1. The van der Waals surface area contributed by atoms with Gasteiger partial charge in [0.2, 0.25) is 0 Å². The smallest absolute Gasteiger partial charge is 0.272 e. The van der Waals surface area contributed by atoms with Crippen molar-refractivity contribution in [2.24, 2.45) is 0 Å². The Hall–Kier alpha value is -1.62. The molecule has 0 spiro atoms. The third-order valence-electron chi connectivity index (χ3n) is 2.03. The molecule has 0 aliphatic heterocycles. The highest BCUT2D eigenvalue weighted by Gasteiger charge is 2.08. The van der Waals surface area contributed by atoms with Crippen molar-refractivity contribution in [3.8, 4) is 0 Å². The molecule has 0 bridgehead atoms. The van der Waals surface area contributed by atoms with Gasteiger partial charge in [0.25, 0.3) is 5.91 Å². The van der Waals surface area contributed by atoms with E-state index in [1.54, 1.807) is 24.7 Å². The van der Waals surface area contributed by atoms with Crippen molar-refractivity contribution in [3.63, 3.8) is 0 Å². The number of nitrogens with one attached hydrogen (secondary N) is 2. The van der Waals surface area contributed by atoms with Crippen LogP contribution in [0.15, 0.2) is 35.2 Å². The zero-order valence-corrected chi connectivity index (χ0v) is 10.2. The average Bonchev–Trinajstić information content (AvgIpc) is 2.65. The minimum atomic E-state index is -0.182. The van der Waals surface area contributed by atoms with Crippen molar-refractivity contribution in [2.75, 3.05) is 5.32 Å². The number of H-pyrrole nitrogens is 1. The van der Waals surface area contributed by atoms with Crippen LogP contribution in [0.3, 0.4) is 0 Å². The van der Waals surface area contributed by atoms with E-state index in [1.807, 2.05) is 13.0 Å². The van der Waals surface area contributed by atoms with Gasteiger partial charge in [-0.2, -0.15) is 0 Å². The van der Waals surface area contributed by atoms with Gasteiger partial charge in [-0.15, -0.1) is 0 Å². The molecule has 0 radical (unpaired) electrons. The Morgan fingerprint density at radius 3 is 2.88 bits per heavy atom. The first-order valence-electron chi connectivity index (χ1n) is 4.72. The molecule has 0 unspecified atom stereocenters. The molecule has 0 saturated carbocycles. The van der Waals surface area contributed by atoms with E-state index in [9.17, 15) is 4.79 Å². The molecule has 2 rings (SSSR count). The predicted molar refractivity (Wildman–Crippen MR) is 65.4 cm³/mol. The van der Waals surface area contributed by atoms with Crippen LogP contribution in [-0.4, -0.2) is 15.9 Å². The number of aromatic nitrogens is 2. The van der Waals surface area contributed by atoms with E-state index in [1.165, 1.54) is 0 Å². The van der Waals surface area contributed by atoms with Crippen LogP contribution in [0.5, 0.6) is 0 Å². The number of aryl methyl sites for hydroxylation is 1. The number of hydrogen-bond donors (Lipinski definition) is 2. The normalized spacial score (nSPS) is 10.1. The summed E-state index contributed by atoms with van der Waals surface area (Å²) in [4.78, 5) is 18.6. The summed E-state index contributed by atoms with van der Waals surface area (Å²) in [5, 5.41) is 2.76. The van der Waals surface area contributed by atoms with E-state index in [2.05, 4.69) is 31.2 Å². The first kappa shape index (κ1) is 10.9. The largest absolute Gasteiger partial charge is 0.356 e. The second-order valence-corrected chi connectivity index (χ2v) is 4.35. The maximum atomic E-state index is 11.7.